The Morgan fingerprint density at radius 3 is 2.75 bits per heavy atom. The fourth-order valence-corrected chi connectivity index (χ4v) is 3.46. The Kier molecular flexibility index (Phi) is 6.53. The van der Waals surface area contributed by atoms with Crippen LogP contribution in [0.1, 0.15) is 12.0 Å². The molecule has 0 saturated carbocycles. The summed E-state index contributed by atoms with van der Waals surface area (Å²) >= 11 is 0. The van der Waals surface area contributed by atoms with Gasteiger partial charge >= 0.3 is 7.12 Å². The number of aryl methyl sites for hydroxylation is 1. The summed E-state index contributed by atoms with van der Waals surface area (Å²) in [6.07, 6.45) is 3.67. The first kappa shape index (κ1) is 21.6. The number of amides is 1. The second-order valence-electron chi connectivity index (χ2n) is 7.39. The molecular weight excluding hydrogens is 411 g/mol. The maximum absolute atomic E-state index is 12.4. The Hall–Kier alpha value is -3.63. The molecule has 0 aliphatic rings. The van der Waals surface area contributed by atoms with Gasteiger partial charge < -0.3 is 24.5 Å². The molecule has 2 aromatic carbocycles. The van der Waals surface area contributed by atoms with Crippen molar-refractivity contribution in [3.8, 4) is 17.0 Å². The van der Waals surface area contributed by atoms with E-state index < -0.39 is 13.1 Å². The molecule has 164 valence electrons. The molecule has 0 unspecified atom stereocenters. The molecule has 3 N–H and O–H groups in total. The molecule has 9 nitrogen and oxygen atoms in total. The van der Waals surface area contributed by atoms with Crippen molar-refractivity contribution < 1.29 is 24.0 Å². The van der Waals surface area contributed by atoms with Crippen LogP contribution < -0.4 is 10.1 Å². The van der Waals surface area contributed by atoms with Gasteiger partial charge in [-0.05, 0) is 42.3 Å². The molecule has 0 spiro atoms. The quantitative estimate of drug-likeness (QED) is 0.344. The number of benzene rings is 2. The Labute approximate surface area is 184 Å². The van der Waals surface area contributed by atoms with Gasteiger partial charge in [-0.3, -0.25) is 9.48 Å². The monoisotopic (exact) mass is 434 g/mol. The molecule has 1 amide bonds. The van der Waals surface area contributed by atoms with Crippen LogP contribution in [-0.2, 0) is 17.8 Å². The number of nitrogens with one attached hydrogen (secondary N) is 1. The minimum Gasteiger partial charge on any atom is -0.497 e. The zero-order valence-electron chi connectivity index (χ0n) is 17.5. The molecule has 1 atom stereocenters. The number of rotatable bonds is 9. The van der Waals surface area contributed by atoms with Gasteiger partial charge in [-0.25, -0.2) is 0 Å². The van der Waals surface area contributed by atoms with Crippen LogP contribution in [0.3, 0.4) is 0 Å². The number of nitrogens with zero attached hydrogens (tertiary/aromatic N) is 3. The van der Waals surface area contributed by atoms with Crippen LogP contribution in [0.25, 0.3) is 22.2 Å². The van der Waals surface area contributed by atoms with E-state index in [-0.39, 0.29) is 18.7 Å². The molecule has 0 bridgehead atoms. The highest BCUT2D eigenvalue weighted by Gasteiger charge is 2.26. The fraction of sp³-hybridized carbons (Fsp3) is 0.227. The molecule has 0 saturated heterocycles. The summed E-state index contributed by atoms with van der Waals surface area (Å²) < 4.78 is 12.2. The number of ether oxygens (including phenoxy) is 1. The number of aromatic nitrogens is 3. The average molecular weight is 434 g/mol. The highest BCUT2D eigenvalue weighted by Crippen LogP contribution is 2.22. The molecular formula is C22H23BN4O5. The lowest BCUT2D eigenvalue weighted by molar-refractivity contribution is -0.121. The summed E-state index contributed by atoms with van der Waals surface area (Å²) in [6, 6.07) is 14.9. The van der Waals surface area contributed by atoms with Crippen molar-refractivity contribution >= 4 is 24.0 Å². The lowest BCUT2D eigenvalue weighted by Gasteiger charge is -2.17. The first-order valence-electron chi connectivity index (χ1n) is 10.2. The average Bonchev–Trinajstić information content (AvgIpc) is 3.45. The topological polar surface area (TPSA) is 123 Å². The Morgan fingerprint density at radius 2 is 2.00 bits per heavy atom. The summed E-state index contributed by atoms with van der Waals surface area (Å²) in [5, 5.41) is 31.3. The summed E-state index contributed by atoms with van der Waals surface area (Å²) in [4.78, 5) is 12.4. The Bertz CT molecular complexity index is 1190. The van der Waals surface area contributed by atoms with Gasteiger partial charge in [0.25, 0.3) is 0 Å². The predicted octanol–water partition coefficient (Wildman–Crippen LogP) is 1.83. The first-order chi connectivity index (χ1) is 15.5. The van der Waals surface area contributed by atoms with Crippen molar-refractivity contribution in [3.05, 3.63) is 66.6 Å². The largest absolute Gasteiger partial charge is 0.497 e. The molecule has 4 rings (SSSR count). The second-order valence-corrected chi connectivity index (χ2v) is 7.39. The van der Waals surface area contributed by atoms with E-state index in [0.29, 0.717) is 17.8 Å². The van der Waals surface area contributed by atoms with Crippen LogP contribution in [0.4, 0.5) is 0 Å². The van der Waals surface area contributed by atoms with E-state index in [1.54, 1.807) is 24.3 Å². The van der Waals surface area contributed by atoms with E-state index in [9.17, 15) is 14.8 Å². The van der Waals surface area contributed by atoms with Crippen LogP contribution in [0.2, 0.25) is 0 Å². The smallest absolute Gasteiger partial charge is 0.475 e. The van der Waals surface area contributed by atoms with Crippen molar-refractivity contribution in [2.24, 2.45) is 0 Å². The van der Waals surface area contributed by atoms with E-state index in [1.165, 1.54) is 0 Å². The van der Waals surface area contributed by atoms with Crippen LogP contribution in [0.15, 0.2) is 65.4 Å². The molecule has 2 aromatic heterocycles. The number of para-hydroxylation sites is 1. The van der Waals surface area contributed by atoms with E-state index in [2.05, 4.69) is 15.6 Å². The zero-order chi connectivity index (χ0) is 22.5. The molecule has 32 heavy (non-hydrogen) atoms. The Balaban J connectivity index is 1.34. The highest BCUT2D eigenvalue weighted by molar-refractivity contribution is 6.43. The van der Waals surface area contributed by atoms with Crippen LogP contribution in [-0.4, -0.2) is 51.1 Å². The number of carbonyl (C=O) groups excluding carboxylic acids is 1. The van der Waals surface area contributed by atoms with Crippen molar-refractivity contribution in [1.29, 1.82) is 0 Å². The van der Waals surface area contributed by atoms with E-state index in [1.807, 2.05) is 48.5 Å². The number of furan rings is 1. The number of fused-ring (bicyclic) bond motifs is 1. The number of hydrogen-bond acceptors (Lipinski definition) is 7. The number of methoxy groups -OCH3 is 1. The van der Waals surface area contributed by atoms with Gasteiger partial charge in [0.2, 0.25) is 5.91 Å². The fourth-order valence-electron chi connectivity index (χ4n) is 3.46. The normalized spacial score (nSPS) is 12.0. The lowest BCUT2D eigenvalue weighted by Crippen LogP contribution is -2.48. The van der Waals surface area contributed by atoms with Crippen LogP contribution in [0.5, 0.6) is 5.75 Å². The van der Waals surface area contributed by atoms with Gasteiger partial charge in [-0.1, -0.05) is 23.4 Å². The minimum atomic E-state index is -1.71. The van der Waals surface area contributed by atoms with Gasteiger partial charge in [0.15, 0.2) is 0 Å². The Morgan fingerprint density at radius 1 is 1.22 bits per heavy atom. The molecule has 10 heteroatoms. The van der Waals surface area contributed by atoms with Crippen LogP contribution >= 0.6 is 0 Å². The van der Waals surface area contributed by atoms with Crippen molar-refractivity contribution in [1.82, 2.24) is 20.3 Å². The van der Waals surface area contributed by atoms with Crippen molar-refractivity contribution in [2.45, 2.75) is 25.3 Å². The van der Waals surface area contributed by atoms with E-state index in [4.69, 9.17) is 9.15 Å². The summed E-state index contributed by atoms with van der Waals surface area (Å²) in [5.41, 5.74) is 3.07. The van der Waals surface area contributed by atoms with Gasteiger partial charge in [0, 0.05) is 17.4 Å². The van der Waals surface area contributed by atoms with Crippen molar-refractivity contribution in [2.75, 3.05) is 7.11 Å². The SMILES string of the molecule is COc1ccc(-c2cn(CCC(=O)N[C@@H](Cc3coc4ccccc34)B(O)O)nn2)cc1. The van der Waals surface area contributed by atoms with Crippen LogP contribution in [0, 0.1) is 0 Å². The zero-order valence-corrected chi connectivity index (χ0v) is 17.5. The maximum Gasteiger partial charge on any atom is 0.475 e. The predicted molar refractivity (Wildman–Crippen MR) is 119 cm³/mol. The number of hydrogen-bond donors (Lipinski definition) is 3. The summed E-state index contributed by atoms with van der Waals surface area (Å²) in [6.45, 7) is 0.303. The van der Waals surface area contributed by atoms with Gasteiger partial charge in [-0.15, -0.1) is 5.10 Å². The summed E-state index contributed by atoms with van der Waals surface area (Å²) in [7, 11) is -0.103. The summed E-state index contributed by atoms with van der Waals surface area (Å²) in [5.74, 6) is -0.437. The van der Waals surface area contributed by atoms with Gasteiger partial charge in [-0.2, -0.15) is 0 Å². The first-order valence-corrected chi connectivity index (χ1v) is 10.2. The number of carbonyl (C=O) groups is 1. The molecule has 0 radical (unpaired) electrons. The third-order valence-corrected chi connectivity index (χ3v) is 5.20. The standard InChI is InChI=1S/C22H23BN4O5/c1-31-17-8-6-15(7-9-17)19-13-27(26-25-19)11-10-22(28)24-21(23(29)30)12-16-14-32-20-5-3-2-4-18(16)20/h2-9,13-14,21,29-30H,10-12H2,1H3,(H,24,28)/t21-/m0/s1. The third kappa shape index (κ3) is 4.98. The second kappa shape index (κ2) is 9.67. The van der Waals surface area contributed by atoms with E-state index in [0.717, 1.165) is 22.3 Å². The molecule has 0 aliphatic carbocycles. The van der Waals surface area contributed by atoms with Crippen molar-refractivity contribution in [3.63, 3.8) is 0 Å². The maximum atomic E-state index is 12.4. The highest BCUT2D eigenvalue weighted by atomic mass is 16.5. The van der Waals surface area contributed by atoms with E-state index >= 15 is 0 Å². The molecule has 4 aromatic rings. The minimum absolute atomic E-state index is 0.112. The lowest BCUT2D eigenvalue weighted by atomic mass is 9.76. The molecule has 0 fully saturated rings. The van der Waals surface area contributed by atoms with Gasteiger partial charge in [0.05, 0.1) is 32.1 Å². The third-order valence-electron chi connectivity index (χ3n) is 5.20. The van der Waals surface area contributed by atoms with Gasteiger partial charge in [0.1, 0.15) is 17.0 Å². The molecule has 2 heterocycles. The molecule has 0 aliphatic heterocycles.